The number of fused-ring (bicyclic) bond motifs is 7. The van der Waals surface area contributed by atoms with E-state index in [1.54, 1.807) is 0 Å². The van der Waals surface area contributed by atoms with Gasteiger partial charge < -0.3 is 0 Å². The molecule has 0 radical (unpaired) electrons. The van der Waals surface area contributed by atoms with Gasteiger partial charge in [0.25, 0.3) is 0 Å². The van der Waals surface area contributed by atoms with Gasteiger partial charge in [0.1, 0.15) is 0 Å². The van der Waals surface area contributed by atoms with Crippen molar-refractivity contribution in [3.63, 3.8) is 0 Å². The quantitative estimate of drug-likeness (QED) is 0.171. The second-order valence-corrected chi connectivity index (χ2v) is 13.9. The van der Waals surface area contributed by atoms with Crippen LogP contribution in [0, 0.1) is 0 Å². The van der Waals surface area contributed by atoms with Crippen molar-refractivity contribution in [3.8, 4) is 56.4 Å². The molecule has 0 aliphatic heterocycles. The topological polar surface area (TPSA) is 38.7 Å². The molecule has 0 saturated heterocycles. The smallest absolute Gasteiger partial charge is 0.164 e. The summed E-state index contributed by atoms with van der Waals surface area (Å²) in [6, 6.07) is 62.2. The monoisotopic (exact) mass is 667 g/mol. The average molecular weight is 668 g/mol. The van der Waals surface area contributed by atoms with Gasteiger partial charge in [0, 0.05) is 36.9 Å². The number of hydrogen-bond donors (Lipinski definition) is 0. The lowest BCUT2D eigenvalue weighted by atomic mass is 9.94. The first kappa shape index (κ1) is 29.4. The molecule has 0 N–H and O–H groups in total. The third-order valence-corrected chi connectivity index (χ3v) is 10.9. The molecule has 3 nitrogen and oxygen atoms in total. The van der Waals surface area contributed by atoms with E-state index in [2.05, 4.69) is 140 Å². The van der Waals surface area contributed by atoms with Gasteiger partial charge in [-0.1, -0.05) is 158 Å². The van der Waals surface area contributed by atoms with Crippen LogP contribution in [0.2, 0.25) is 0 Å². The van der Waals surface area contributed by atoms with Gasteiger partial charge in [-0.25, -0.2) is 15.0 Å². The van der Waals surface area contributed by atoms with E-state index >= 15 is 0 Å². The van der Waals surface area contributed by atoms with Crippen LogP contribution in [0.5, 0.6) is 0 Å². The predicted octanol–water partition coefficient (Wildman–Crippen LogP) is 12.9. The molecule has 10 rings (SSSR count). The third kappa shape index (κ3) is 5.25. The Kier molecular flexibility index (Phi) is 7.00. The van der Waals surface area contributed by atoms with E-state index in [0.717, 1.165) is 27.8 Å². The number of thiophene rings is 1. The summed E-state index contributed by atoms with van der Waals surface area (Å²) in [4.78, 5) is 14.9. The van der Waals surface area contributed by atoms with Crippen molar-refractivity contribution in [2.45, 2.75) is 0 Å². The standard InChI is InChI=1S/C47H29N3S/c1-3-9-30(10-4-1)31-15-20-35(21-16-31)46-48-45(34-11-5-2-6-12-34)49-47(50-46)36-22-17-32(18-23-36)37-25-27-39-38(29-37)24-19-33-26-28-42-44(43(33)39)40-13-7-8-14-41(40)51-42/h1-29H. The van der Waals surface area contributed by atoms with Crippen LogP contribution in [-0.2, 0) is 0 Å². The van der Waals surface area contributed by atoms with Crippen molar-refractivity contribution in [3.05, 3.63) is 176 Å². The first-order chi connectivity index (χ1) is 25.2. The van der Waals surface area contributed by atoms with Crippen molar-refractivity contribution in [1.29, 1.82) is 0 Å². The van der Waals surface area contributed by atoms with Crippen molar-refractivity contribution < 1.29 is 0 Å². The Labute approximate surface area is 299 Å². The first-order valence-corrected chi connectivity index (χ1v) is 17.9. The van der Waals surface area contributed by atoms with Gasteiger partial charge in [0.2, 0.25) is 0 Å². The van der Waals surface area contributed by atoms with Crippen molar-refractivity contribution >= 4 is 53.1 Å². The van der Waals surface area contributed by atoms with Crippen LogP contribution in [0.4, 0.5) is 0 Å². The van der Waals surface area contributed by atoms with E-state index in [4.69, 9.17) is 15.0 Å². The van der Waals surface area contributed by atoms with Crippen molar-refractivity contribution in [2.75, 3.05) is 0 Å². The second-order valence-electron chi connectivity index (χ2n) is 12.8. The molecule has 0 aliphatic carbocycles. The Balaban J connectivity index is 1.03. The number of hydrogen-bond acceptors (Lipinski definition) is 4. The fourth-order valence-electron chi connectivity index (χ4n) is 7.15. The van der Waals surface area contributed by atoms with Gasteiger partial charge in [0.15, 0.2) is 17.5 Å². The van der Waals surface area contributed by atoms with E-state index in [-0.39, 0.29) is 0 Å². The van der Waals surface area contributed by atoms with Gasteiger partial charge in [-0.2, -0.15) is 0 Å². The second kappa shape index (κ2) is 12.1. The molecule has 0 amide bonds. The SMILES string of the molecule is c1ccc(-c2ccc(-c3nc(-c4ccccc4)nc(-c4ccc(-c5ccc6c(ccc7ccc8sc9ccccc9c8c76)c5)cc4)n3)cc2)cc1. The van der Waals surface area contributed by atoms with Gasteiger partial charge in [-0.05, 0) is 62.0 Å². The molecule has 0 bridgehead atoms. The molecule has 2 heterocycles. The van der Waals surface area contributed by atoms with Gasteiger partial charge >= 0.3 is 0 Å². The molecule has 2 aromatic heterocycles. The van der Waals surface area contributed by atoms with Crippen LogP contribution in [-0.4, -0.2) is 15.0 Å². The summed E-state index contributed by atoms with van der Waals surface area (Å²) in [5.74, 6) is 1.95. The maximum absolute atomic E-state index is 4.99. The van der Waals surface area contributed by atoms with E-state index < -0.39 is 0 Å². The maximum Gasteiger partial charge on any atom is 0.164 e. The summed E-state index contributed by atoms with van der Waals surface area (Å²) in [7, 11) is 0. The molecule has 0 fully saturated rings. The zero-order valence-electron chi connectivity index (χ0n) is 27.5. The summed E-state index contributed by atoms with van der Waals surface area (Å²) in [6.07, 6.45) is 0. The Morgan fingerprint density at radius 2 is 0.765 bits per heavy atom. The molecule has 0 atom stereocenters. The summed E-state index contributed by atoms with van der Waals surface area (Å²) >= 11 is 1.87. The van der Waals surface area contributed by atoms with E-state index in [1.165, 1.54) is 52.8 Å². The minimum atomic E-state index is 0.648. The fourth-order valence-corrected chi connectivity index (χ4v) is 8.27. The minimum absolute atomic E-state index is 0.648. The summed E-state index contributed by atoms with van der Waals surface area (Å²) in [6.45, 7) is 0. The lowest BCUT2D eigenvalue weighted by molar-refractivity contribution is 1.07. The van der Waals surface area contributed by atoms with Gasteiger partial charge in [-0.15, -0.1) is 11.3 Å². The molecular weight excluding hydrogens is 639 g/mol. The van der Waals surface area contributed by atoms with Crippen molar-refractivity contribution in [2.24, 2.45) is 0 Å². The number of benzene rings is 8. The highest BCUT2D eigenvalue weighted by atomic mass is 32.1. The van der Waals surface area contributed by atoms with Crippen LogP contribution >= 0.6 is 11.3 Å². The van der Waals surface area contributed by atoms with Gasteiger partial charge in [0.05, 0.1) is 0 Å². The van der Waals surface area contributed by atoms with Gasteiger partial charge in [-0.3, -0.25) is 0 Å². The zero-order chi connectivity index (χ0) is 33.7. The normalized spacial score (nSPS) is 11.5. The molecular formula is C47H29N3S. The molecule has 8 aromatic carbocycles. The highest BCUT2D eigenvalue weighted by molar-refractivity contribution is 7.26. The third-order valence-electron chi connectivity index (χ3n) is 9.73. The molecule has 51 heavy (non-hydrogen) atoms. The van der Waals surface area contributed by atoms with E-state index in [1.807, 2.05) is 47.7 Å². The Hall–Kier alpha value is -6.49. The van der Waals surface area contributed by atoms with Crippen LogP contribution < -0.4 is 0 Å². The fraction of sp³-hybridized carbons (Fsp3) is 0. The summed E-state index contributed by atoms with van der Waals surface area (Å²) < 4.78 is 2.66. The predicted molar refractivity (Wildman–Crippen MR) is 215 cm³/mol. The highest BCUT2D eigenvalue weighted by Crippen LogP contribution is 2.41. The zero-order valence-corrected chi connectivity index (χ0v) is 28.3. The highest BCUT2D eigenvalue weighted by Gasteiger charge is 2.14. The van der Waals surface area contributed by atoms with Crippen LogP contribution in [0.1, 0.15) is 0 Å². The maximum atomic E-state index is 4.99. The summed E-state index contributed by atoms with van der Waals surface area (Å²) in [5.41, 5.74) is 7.50. The Morgan fingerprint density at radius 1 is 0.294 bits per heavy atom. The molecule has 4 heteroatoms. The number of rotatable bonds is 5. The molecule has 238 valence electrons. The van der Waals surface area contributed by atoms with Crippen molar-refractivity contribution in [1.82, 2.24) is 15.0 Å². The van der Waals surface area contributed by atoms with Crippen LogP contribution in [0.25, 0.3) is 98.1 Å². The molecule has 0 saturated carbocycles. The first-order valence-electron chi connectivity index (χ1n) is 17.1. The lowest BCUT2D eigenvalue weighted by Gasteiger charge is -2.11. The van der Waals surface area contributed by atoms with Crippen LogP contribution in [0.15, 0.2) is 176 Å². The minimum Gasteiger partial charge on any atom is -0.208 e. The molecule has 10 aromatic rings. The summed E-state index contributed by atoms with van der Waals surface area (Å²) in [5, 5.41) is 7.81. The number of aromatic nitrogens is 3. The Morgan fingerprint density at radius 3 is 1.43 bits per heavy atom. The Bertz CT molecular complexity index is 2880. The number of nitrogens with zero attached hydrogens (tertiary/aromatic N) is 3. The largest absolute Gasteiger partial charge is 0.208 e. The van der Waals surface area contributed by atoms with E-state index in [0.29, 0.717) is 17.5 Å². The average Bonchev–Trinajstić information content (AvgIpc) is 3.60. The van der Waals surface area contributed by atoms with E-state index in [9.17, 15) is 0 Å². The molecule has 0 aliphatic rings. The molecule has 0 unspecified atom stereocenters. The lowest BCUT2D eigenvalue weighted by Crippen LogP contribution is -2.00. The van der Waals surface area contributed by atoms with Crippen LogP contribution in [0.3, 0.4) is 0 Å². The molecule has 0 spiro atoms.